The molecule has 0 fully saturated rings. The highest BCUT2D eigenvalue weighted by atomic mass is 32.2. The summed E-state index contributed by atoms with van der Waals surface area (Å²) in [6, 6.07) is 52.7. The first-order valence-electron chi connectivity index (χ1n) is 18.0. The molecule has 0 saturated heterocycles. The highest BCUT2D eigenvalue weighted by molar-refractivity contribution is 8.03. The number of hydrogen-bond donors (Lipinski definition) is 0. The van der Waals surface area contributed by atoms with Crippen LogP contribution in [0, 0.1) is 0 Å². The third kappa shape index (κ3) is 4.44. The molecule has 0 amide bonds. The van der Waals surface area contributed by atoms with Gasteiger partial charge in [0.15, 0.2) is 0 Å². The first-order chi connectivity index (χ1) is 26.2. The number of allylic oxidation sites excluding steroid dienone is 3. The van der Waals surface area contributed by atoms with Gasteiger partial charge in [0.2, 0.25) is 5.95 Å². The Morgan fingerprint density at radius 2 is 1.26 bits per heavy atom. The summed E-state index contributed by atoms with van der Waals surface area (Å²) >= 11 is 1.80. The Bertz CT molecular complexity index is 3220. The Balaban J connectivity index is 1.13. The van der Waals surface area contributed by atoms with Crippen LogP contribution in [0.15, 0.2) is 168 Å². The molecule has 10 aromatic rings. The average Bonchev–Trinajstić information content (AvgIpc) is 3.72. The Kier molecular flexibility index (Phi) is 6.58. The lowest BCUT2D eigenvalue weighted by molar-refractivity contribution is 0.998. The minimum Gasteiger partial charge on any atom is -0.309 e. The second-order valence-electron chi connectivity index (χ2n) is 13.8. The quantitative estimate of drug-likeness (QED) is 0.184. The molecule has 0 unspecified atom stereocenters. The van der Waals surface area contributed by atoms with E-state index >= 15 is 0 Å². The van der Waals surface area contributed by atoms with Gasteiger partial charge >= 0.3 is 0 Å². The minimum absolute atomic E-state index is 0.692. The molecule has 250 valence electrons. The van der Waals surface area contributed by atoms with Gasteiger partial charge in [0, 0.05) is 47.8 Å². The summed E-state index contributed by atoms with van der Waals surface area (Å²) in [6.45, 7) is 4.25. The highest BCUT2D eigenvalue weighted by Crippen LogP contribution is 2.45. The van der Waals surface area contributed by atoms with Crippen molar-refractivity contribution in [1.29, 1.82) is 0 Å². The van der Waals surface area contributed by atoms with Gasteiger partial charge in [-0.1, -0.05) is 115 Å². The van der Waals surface area contributed by atoms with E-state index in [4.69, 9.17) is 9.97 Å². The predicted molar refractivity (Wildman–Crippen MR) is 224 cm³/mol. The Labute approximate surface area is 310 Å². The van der Waals surface area contributed by atoms with Crippen molar-refractivity contribution in [3.8, 4) is 22.8 Å². The van der Waals surface area contributed by atoms with Gasteiger partial charge < -0.3 is 4.57 Å². The van der Waals surface area contributed by atoms with Crippen molar-refractivity contribution in [1.82, 2.24) is 19.1 Å². The van der Waals surface area contributed by atoms with Crippen molar-refractivity contribution >= 4 is 82.6 Å². The van der Waals surface area contributed by atoms with Crippen LogP contribution in [0.5, 0.6) is 0 Å². The van der Waals surface area contributed by atoms with Gasteiger partial charge in [0.05, 0.1) is 33.3 Å². The topological polar surface area (TPSA) is 35.6 Å². The molecule has 11 rings (SSSR count). The third-order valence-electron chi connectivity index (χ3n) is 10.8. The maximum Gasteiger partial charge on any atom is 0.235 e. The number of para-hydroxylation sites is 2. The Hall–Kier alpha value is -6.43. The van der Waals surface area contributed by atoms with Crippen LogP contribution in [0.25, 0.3) is 93.6 Å². The summed E-state index contributed by atoms with van der Waals surface area (Å²) in [5.74, 6) is 0.692. The summed E-state index contributed by atoms with van der Waals surface area (Å²) in [7, 11) is 0. The second kappa shape index (κ2) is 11.5. The smallest absolute Gasteiger partial charge is 0.235 e. The molecule has 0 saturated carbocycles. The van der Waals surface area contributed by atoms with Gasteiger partial charge in [-0.3, -0.25) is 4.57 Å². The zero-order valence-corrected chi connectivity index (χ0v) is 30.0. The maximum atomic E-state index is 5.32. The molecule has 4 heterocycles. The number of fused-ring (bicyclic) bond motifs is 8. The fourth-order valence-electron chi connectivity index (χ4n) is 8.39. The molecule has 7 aromatic carbocycles. The zero-order chi connectivity index (χ0) is 35.2. The first-order valence-corrected chi connectivity index (χ1v) is 18.9. The van der Waals surface area contributed by atoms with Gasteiger partial charge in [-0.15, -0.1) is 0 Å². The van der Waals surface area contributed by atoms with Crippen molar-refractivity contribution in [2.45, 2.75) is 18.7 Å². The lowest BCUT2D eigenvalue weighted by atomic mass is 10.00. The van der Waals surface area contributed by atoms with E-state index in [1.807, 2.05) is 0 Å². The summed E-state index contributed by atoms with van der Waals surface area (Å²) in [5, 5.41) is 8.48. The Morgan fingerprint density at radius 1 is 0.566 bits per heavy atom. The van der Waals surface area contributed by atoms with E-state index in [9.17, 15) is 0 Å². The van der Waals surface area contributed by atoms with Crippen LogP contribution in [-0.4, -0.2) is 19.1 Å². The van der Waals surface area contributed by atoms with Crippen LogP contribution in [0.2, 0.25) is 0 Å². The predicted octanol–water partition coefficient (Wildman–Crippen LogP) is 13.1. The molecule has 0 atom stereocenters. The molecule has 1 aliphatic rings. The van der Waals surface area contributed by atoms with Crippen LogP contribution in [0.1, 0.15) is 19.5 Å². The molecule has 3 aromatic heterocycles. The van der Waals surface area contributed by atoms with E-state index in [2.05, 4.69) is 181 Å². The number of benzene rings is 7. The van der Waals surface area contributed by atoms with Crippen molar-refractivity contribution < 1.29 is 0 Å². The molecule has 0 aliphatic carbocycles. The summed E-state index contributed by atoms with van der Waals surface area (Å²) < 4.78 is 4.66. The number of aromatic nitrogens is 4. The molecule has 0 bridgehead atoms. The molecule has 5 heteroatoms. The van der Waals surface area contributed by atoms with E-state index < -0.39 is 0 Å². The van der Waals surface area contributed by atoms with Crippen molar-refractivity contribution in [2.24, 2.45) is 0 Å². The lowest BCUT2D eigenvalue weighted by Gasteiger charge is -2.20. The second-order valence-corrected chi connectivity index (χ2v) is 14.9. The van der Waals surface area contributed by atoms with Crippen molar-refractivity contribution in [2.75, 3.05) is 0 Å². The number of rotatable bonds is 4. The van der Waals surface area contributed by atoms with Crippen molar-refractivity contribution in [3.63, 3.8) is 0 Å². The standard InChI is InChI=1S/C48H32N4S/c1-3-12-43-29(2)46-45-39(18-11-20-44(45)53-43)49-48(50-46)52-40-19-10-9-17-35(40)37-27-31(23-26-42(37)52)32-22-25-41-38(28-32)36-24-21-30-13-7-8-16-34(30)47(36)51(41)33-14-5-4-6-15-33/h3-28H,1-2H3/b12-3-. The first kappa shape index (κ1) is 30.2. The van der Waals surface area contributed by atoms with Crippen LogP contribution >= 0.6 is 11.8 Å². The Morgan fingerprint density at radius 3 is 2.08 bits per heavy atom. The molecular weight excluding hydrogens is 665 g/mol. The van der Waals surface area contributed by atoms with Crippen molar-refractivity contribution in [3.05, 3.63) is 168 Å². The van der Waals surface area contributed by atoms with E-state index in [0.717, 1.165) is 33.3 Å². The summed E-state index contributed by atoms with van der Waals surface area (Å²) in [6.07, 6.45) is 4.29. The van der Waals surface area contributed by atoms with Crippen LogP contribution in [0.4, 0.5) is 0 Å². The third-order valence-corrected chi connectivity index (χ3v) is 12.0. The molecule has 0 radical (unpaired) electrons. The normalized spacial score (nSPS) is 13.2. The van der Waals surface area contributed by atoms with Gasteiger partial charge in [0.1, 0.15) is 0 Å². The SMILES string of the molecule is C/C=C\C1=C(C)c2nc(-n3c4ccccc4c4cc(-c5ccc6c(c5)c5ccc7ccccc7c5n6-c5ccccc5)ccc43)nc3cccc(c23)S1. The maximum absolute atomic E-state index is 5.32. The number of hydrogen-bond acceptors (Lipinski definition) is 3. The molecule has 0 spiro atoms. The highest BCUT2D eigenvalue weighted by Gasteiger charge is 2.23. The van der Waals surface area contributed by atoms with Crippen LogP contribution < -0.4 is 0 Å². The summed E-state index contributed by atoms with van der Waals surface area (Å²) in [5.41, 5.74) is 11.3. The molecule has 1 aliphatic heterocycles. The van der Waals surface area contributed by atoms with Gasteiger partial charge in [0.25, 0.3) is 0 Å². The fraction of sp³-hybridized carbons (Fsp3) is 0.0417. The molecule has 0 N–H and O–H groups in total. The molecule has 53 heavy (non-hydrogen) atoms. The molecule has 4 nitrogen and oxygen atoms in total. The van der Waals surface area contributed by atoms with Gasteiger partial charge in [-0.2, -0.15) is 0 Å². The number of nitrogens with zero attached hydrogens (tertiary/aromatic N) is 4. The monoisotopic (exact) mass is 696 g/mol. The van der Waals surface area contributed by atoms with Crippen LogP contribution in [-0.2, 0) is 0 Å². The minimum atomic E-state index is 0.692. The van der Waals surface area contributed by atoms with E-state index in [1.165, 1.54) is 69.9 Å². The zero-order valence-electron chi connectivity index (χ0n) is 29.2. The van der Waals surface area contributed by atoms with Gasteiger partial charge in [-0.25, -0.2) is 9.97 Å². The van der Waals surface area contributed by atoms with Crippen LogP contribution in [0.3, 0.4) is 0 Å². The summed E-state index contributed by atoms with van der Waals surface area (Å²) in [4.78, 5) is 13.0. The van der Waals surface area contributed by atoms with E-state index in [-0.39, 0.29) is 0 Å². The van der Waals surface area contributed by atoms with Gasteiger partial charge in [-0.05, 0) is 90.5 Å². The average molecular weight is 697 g/mol. The molecular formula is C48H32N4S. The largest absolute Gasteiger partial charge is 0.309 e. The van der Waals surface area contributed by atoms with E-state index in [0.29, 0.717) is 5.95 Å². The number of thioether (sulfide) groups is 1. The van der Waals surface area contributed by atoms with E-state index in [1.54, 1.807) is 11.8 Å². The lowest BCUT2D eigenvalue weighted by Crippen LogP contribution is -2.07. The fourth-order valence-corrected chi connectivity index (χ4v) is 9.53.